The first kappa shape index (κ1) is 10.6. The minimum Gasteiger partial charge on any atom is -0.344 e. The van der Waals surface area contributed by atoms with Crippen LogP contribution in [0.1, 0.15) is 23.5 Å². The number of hydrogen-bond acceptors (Lipinski definition) is 3. The maximum absolute atomic E-state index is 4.42. The third kappa shape index (κ3) is 2.00. The summed E-state index contributed by atoms with van der Waals surface area (Å²) in [6.07, 6.45) is 8.92. The van der Waals surface area contributed by atoms with Crippen LogP contribution >= 0.6 is 11.8 Å². The number of aromatic amines is 1. The summed E-state index contributed by atoms with van der Waals surface area (Å²) >= 11 is 1.68. The van der Waals surface area contributed by atoms with E-state index in [2.05, 4.69) is 27.6 Å². The Morgan fingerprint density at radius 1 is 1.29 bits per heavy atom. The van der Waals surface area contributed by atoms with Crippen molar-refractivity contribution in [2.75, 3.05) is 0 Å². The van der Waals surface area contributed by atoms with E-state index in [-0.39, 0.29) is 0 Å². The highest BCUT2D eigenvalue weighted by atomic mass is 32.2. The molecule has 1 aliphatic carbocycles. The van der Waals surface area contributed by atoms with Crippen molar-refractivity contribution >= 4 is 16.7 Å². The molecule has 0 fully saturated rings. The number of nitrogens with one attached hydrogen (secondary N) is 1. The zero-order valence-corrected chi connectivity index (χ0v) is 10.3. The first-order valence-electron chi connectivity index (χ1n) is 5.68. The minimum atomic E-state index is 0.846. The molecule has 0 radical (unpaired) electrons. The molecule has 0 amide bonds. The highest BCUT2D eigenvalue weighted by Gasteiger charge is 2.17. The second-order valence-corrected chi connectivity index (χ2v) is 5.19. The van der Waals surface area contributed by atoms with Crippen molar-refractivity contribution in [1.29, 1.82) is 0 Å². The molecule has 1 N–H and O–H groups in total. The van der Waals surface area contributed by atoms with Crippen LogP contribution in [0.3, 0.4) is 0 Å². The number of imidazole rings is 1. The Hall–Kier alpha value is -1.55. The van der Waals surface area contributed by atoms with E-state index < -0.39 is 0 Å². The quantitative estimate of drug-likeness (QED) is 0.842. The molecule has 17 heavy (non-hydrogen) atoms. The van der Waals surface area contributed by atoms with Crippen LogP contribution in [0, 0.1) is 0 Å². The molecule has 1 aliphatic rings. The molecule has 2 heterocycles. The van der Waals surface area contributed by atoms with E-state index in [4.69, 9.17) is 0 Å². The van der Waals surface area contributed by atoms with Crippen LogP contribution in [0.5, 0.6) is 0 Å². The van der Waals surface area contributed by atoms with Crippen molar-refractivity contribution in [3.8, 4) is 0 Å². The maximum atomic E-state index is 4.42. The lowest BCUT2D eigenvalue weighted by atomic mass is 10.2. The number of H-pyrrole nitrogens is 1. The smallest absolute Gasteiger partial charge is 0.143 e. The second-order valence-electron chi connectivity index (χ2n) is 4.05. The number of pyridine rings is 1. The summed E-state index contributed by atoms with van der Waals surface area (Å²) in [5, 5.41) is 0. The highest BCUT2D eigenvalue weighted by Crippen LogP contribution is 2.36. The van der Waals surface area contributed by atoms with Crippen LogP contribution in [0.2, 0.25) is 0 Å². The van der Waals surface area contributed by atoms with Crippen molar-refractivity contribution < 1.29 is 0 Å². The fraction of sp³-hybridized carbons (Fsp3) is 0.231. The summed E-state index contributed by atoms with van der Waals surface area (Å²) in [6, 6.07) is 2.07. The van der Waals surface area contributed by atoms with Gasteiger partial charge < -0.3 is 4.98 Å². The Labute approximate surface area is 104 Å². The first-order chi connectivity index (χ1) is 8.34. The molecular weight excluding hydrogens is 230 g/mol. The van der Waals surface area contributed by atoms with Gasteiger partial charge in [0.15, 0.2) is 0 Å². The Morgan fingerprint density at radius 3 is 3.06 bits per heavy atom. The molecular formula is C13H13N3S. The van der Waals surface area contributed by atoms with E-state index in [1.54, 1.807) is 18.0 Å². The number of aromatic nitrogens is 3. The van der Waals surface area contributed by atoms with E-state index in [0.29, 0.717) is 0 Å². The lowest BCUT2D eigenvalue weighted by Gasteiger charge is -2.07. The van der Waals surface area contributed by atoms with Crippen molar-refractivity contribution in [2.24, 2.45) is 0 Å². The number of aryl methyl sites for hydroxylation is 1. The first-order valence-corrected chi connectivity index (χ1v) is 6.49. The Morgan fingerprint density at radius 2 is 2.24 bits per heavy atom. The summed E-state index contributed by atoms with van der Waals surface area (Å²) in [5.74, 6) is 0.846. The molecule has 0 saturated heterocycles. The van der Waals surface area contributed by atoms with Crippen molar-refractivity contribution in [3.63, 3.8) is 0 Å². The van der Waals surface area contributed by atoms with Crippen LogP contribution < -0.4 is 0 Å². The van der Waals surface area contributed by atoms with Crippen molar-refractivity contribution in [1.82, 2.24) is 15.0 Å². The number of nitrogens with zero attached hydrogens (tertiary/aromatic N) is 2. The summed E-state index contributed by atoms with van der Waals surface area (Å²) in [4.78, 5) is 13.9. The normalized spacial score (nSPS) is 13.6. The summed E-state index contributed by atoms with van der Waals surface area (Å²) in [6.45, 7) is 4.07. The van der Waals surface area contributed by atoms with E-state index in [1.807, 2.05) is 12.4 Å². The van der Waals surface area contributed by atoms with Gasteiger partial charge in [0.1, 0.15) is 5.82 Å². The van der Waals surface area contributed by atoms with Crippen molar-refractivity contribution in [2.45, 2.75) is 24.2 Å². The van der Waals surface area contributed by atoms with Crippen LogP contribution in [0.15, 0.2) is 36.1 Å². The molecule has 2 aromatic heterocycles. The monoisotopic (exact) mass is 243 g/mol. The molecule has 0 atom stereocenters. The largest absolute Gasteiger partial charge is 0.344 e. The van der Waals surface area contributed by atoms with Gasteiger partial charge in [-0.05, 0) is 30.9 Å². The van der Waals surface area contributed by atoms with Gasteiger partial charge in [-0.15, -0.1) is 0 Å². The summed E-state index contributed by atoms with van der Waals surface area (Å²) < 4.78 is 0. The predicted molar refractivity (Wildman–Crippen MR) is 69.7 cm³/mol. The number of hydrogen-bond donors (Lipinski definition) is 1. The molecule has 0 aromatic carbocycles. The number of rotatable bonds is 3. The molecule has 3 rings (SSSR count). The van der Waals surface area contributed by atoms with E-state index in [1.165, 1.54) is 22.6 Å². The number of fused-ring (bicyclic) bond motifs is 1. The van der Waals surface area contributed by atoms with Gasteiger partial charge in [0.25, 0.3) is 0 Å². The van der Waals surface area contributed by atoms with Gasteiger partial charge in [0, 0.05) is 34.1 Å². The van der Waals surface area contributed by atoms with Gasteiger partial charge in [-0.2, -0.15) is 0 Å². The van der Waals surface area contributed by atoms with Crippen LogP contribution in [0.4, 0.5) is 0 Å². The molecule has 0 bridgehead atoms. The van der Waals surface area contributed by atoms with Gasteiger partial charge >= 0.3 is 0 Å². The Kier molecular flexibility index (Phi) is 2.73. The maximum Gasteiger partial charge on any atom is 0.143 e. The van der Waals surface area contributed by atoms with E-state index in [0.717, 1.165) is 23.6 Å². The number of thioether (sulfide) groups is 1. The highest BCUT2D eigenvalue weighted by molar-refractivity contribution is 8.08. The average molecular weight is 243 g/mol. The molecule has 0 unspecified atom stereocenters. The summed E-state index contributed by atoms with van der Waals surface area (Å²) in [5.41, 5.74) is 2.65. The fourth-order valence-electron chi connectivity index (χ4n) is 2.13. The Bertz CT molecular complexity index is 546. The third-order valence-corrected chi connectivity index (χ3v) is 3.98. The molecule has 0 saturated carbocycles. The standard InChI is InChI=1S/C13H13N3S/c1-9(13-15-7-8-16-13)17-12-5-6-14-11-4-2-3-10(11)12/h5-8H,1-4H2,(H,15,16). The lowest BCUT2D eigenvalue weighted by molar-refractivity contribution is 0.897. The summed E-state index contributed by atoms with van der Waals surface area (Å²) in [7, 11) is 0. The van der Waals surface area contributed by atoms with Crippen molar-refractivity contribution in [3.05, 3.63) is 48.3 Å². The van der Waals surface area contributed by atoms with Crippen LogP contribution in [0.25, 0.3) is 4.91 Å². The molecule has 0 spiro atoms. The topological polar surface area (TPSA) is 41.6 Å². The third-order valence-electron chi connectivity index (χ3n) is 2.94. The van der Waals surface area contributed by atoms with Gasteiger partial charge in [-0.3, -0.25) is 4.98 Å². The lowest BCUT2D eigenvalue weighted by Crippen LogP contribution is -1.90. The molecule has 86 valence electrons. The molecule has 2 aromatic rings. The van der Waals surface area contributed by atoms with Gasteiger partial charge in [-0.25, -0.2) is 4.98 Å². The molecule has 0 aliphatic heterocycles. The van der Waals surface area contributed by atoms with Crippen LogP contribution in [-0.2, 0) is 12.8 Å². The zero-order valence-electron chi connectivity index (χ0n) is 9.44. The van der Waals surface area contributed by atoms with E-state index in [9.17, 15) is 0 Å². The minimum absolute atomic E-state index is 0.846. The molecule has 3 nitrogen and oxygen atoms in total. The van der Waals surface area contributed by atoms with Gasteiger partial charge in [-0.1, -0.05) is 18.3 Å². The Balaban J connectivity index is 1.87. The van der Waals surface area contributed by atoms with Gasteiger partial charge in [0.2, 0.25) is 0 Å². The molecule has 4 heteroatoms. The average Bonchev–Trinajstić information content (AvgIpc) is 3.00. The van der Waals surface area contributed by atoms with E-state index >= 15 is 0 Å². The zero-order chi connectivity index (χ0) is 11.7. The fourth-order valence-corrected chi connectivity index (χ4v) is 3.07. The van der Waals surface area contributed by atoms with Gasteiger partial charge in [0.05, 0.1) is 0 Å². The van der Waals surface area contributed by atoms with Crippen LogP contribution in [-0.4, -0.2) is 15.0 Å². The second kappa shape index (κ2) is 4.37. The SMILES string of the molecule is C=C(Sc1ccnc2c1CCC2)c1ncc[nH]1. The predicted octanol–water partition coefficient (Wildman–Crippen LogP) is 3.06.